The van der Waals surface area contributed by atoms with Crippen molar-refractivity contribution in [3.63, 3.8) is 0 Å². The number of aliphatic imine (C=N–C) groups is 1. The number of ether oxygens (including phenoxy) is 2. The van der Waals surface area contributed by atoms with Gasteiger partial charge in [-0.2, -0.15) is 0 Å². The largest absolute Gasteiger partial charge is 0.472 e. The first kappa shape index (κ1) is 24.4. The molecule has 4 nitrogen and oxygen atoms in total. The van der Waals surface area contributed by atoms with Gasteiger partial charge in [0.15, 0.2) is 0 Å². The highest BCUT2D eigenvalue weighted by molar-refractivity contribution is 5.95. The summed E-state index contributed by atoms with van der Waals surface area (Å²) < 4.78 is 11.0. The zero-order valence-corrected chi connectivity index (χ0v) is 19.1. The van der Waals surface area contributed by atoms with E-state index >= 15 is 0 Å². The molecule has 0 aromatic heterocycles. The highest BCUT2D eigenvalue weighted by atomic mass is 16.5. The molecular weight excluding hydrogens is 374 g/mol. The summed E-state index contributed by atoms with van der Waals surface area (Å²) in [5.41, 5.74) is 1.09. The van der Waals surface area contributed by atoms with Crippen LogP contribution in [-0.4, -0.2) is 31.1 Å². The normalized spacial score (nSPS) is 18.1. The Bertz CT molecular complexity index is 614. The molecule has 0 radical (unpaired) electrons. The summed E-state index contributed by atoms with van der Waals surface area (Å²) in [6.45, 7) is 2.26. The summed E-state index contributed by atoms with van der Waals surface area (Å²) in [5.74, 6) is 0.730. The Morgan fingerprint density at radius 3 is 2.23 bits per heavy atom. The van der Waals surface area contributed by atoms with Crippen molar-refractivity contribution < 1.29 is 14.3 Å². The van der Waals surface area contributed by atoms with Crippen molar-refractivity contribution in [3.8, 4) is 0 Å². The Kier molecular flexibility index (Phi) is 12.2. The molecule has 4 heteroatoms. The Hall–Kier alpha value is -1.84. The number of carbonyl (C=O) groups excluding carboxylic acids is 1. The molecule has 0 unspecified atom stereocenters. The van der Waals surface area contributed by atoms with Gasteiger partial charge in [0.05, 0.1) is 13.2 Å². The first-order chi connectivity index (χ1) is 14.7. The number of esters is 1. The number of nitrogens with zero attached hydrogens (tertiary/aromatic N) is 1. The van der Waals surface area contributed by atoms with Crippen LogP contribution in [0.2, 0.25) is 0 Å². The van der Waals surface area contributed by atoms with Gasteiger partial charge in [-0.1, -0.05) is 82.9 Å². The molecule has 168 valence electrons. The van der Waals surface area contributed by atoms with Gasteiger partial charge in [0.1, 0.15) is 6.10 Å². The van der Waals surface area contributed by atoms with Crippen molar-refractivity contribution in [3.05, 3.63) is 35.9 Å². The van der Waals surface area contributed by atoms with Crippen LogP contribution in [0.4, 0.5) is 0 Å². The van der Waals surface area contributed by atoms with Crippen molar-refractivity contribution in [1.82, 2.24) is 0 Å². The minimum absolute atomic E-state index is 0.0987. The average molecular weight is 416 g/mol. The second-order valence-electron chi connectivity index (χ2n) is 8.46. The van der Waals surface area contributed by atoms with E-state index in [-0.39, 0.29) is 18.1 Å². The molecule has 1 aliphatic heterocycles. The lowest BCUT2D eigenvalue weighted by molar-refractivity contribution is -0.140. The summed E-state index contributed by atoms with van der Waals surface area (Å²) >= 11 is 0. The summed E-state index contributed by atoms with van der Waals surface area (Å²) in [6, 6.07) is 10.6. The van der Waals surface area contributed by atoms with E-state index in [1.807, 2.05) is 18.2 Å². The number of hydrogen-bond donors (Lipinski definition) is 0. The van der Waals surface area contributed by atoms with Crippen LogP contribution in [0.1, 0.15) is 102 Å². The zero-order valence-electron chi connectivity index (χ0n) is 19.1. The highest BCUT2D eigenvalue weighted by Gasteiger charge is 2.30. The topological polar surface area (TPSA) is 47.9 Å². The minimum atomic E-state index is -0.0987. The van der Waals surface area contributed by atoms with Crippen LogP contribution < -0.4 is 0 Å². The fourth-order valence-electron chi connectivity index (χ4n) is 4.09. The zero-order chi connectivity index (χ0) is 21.4. The molecule has 2 atom stereocenters. The molecule has 0 aliphatic carbocycles. The lowest BCUT2D eigenvalue weighted by atomic mass is 9.98. The van der Waals surface area contributed by atoms with Gasteiger partial charge in [0.2, 0.25) is 5.90 Å². The number of benzene rings is 1. The van der Waals surface area contributed by atoms with E-state index in [1.165, 1.54) is 64.9 Å². The van der Waals surface area contributed by atoms with Gasteiger partial charge in [0, 0.05) is 12.0 Å². The molecule has 1 aromatic rings. The molecule has 30 heavy (non-hydrogen) atoms. The number of rotatable bonds is 16. The van der Waals surface area contributed by atoms with E-state index in [1.54, 1.807) is 0 Å². The predicted octanol–water partition coefficient (Wildman–Crippen LogP) is 6.85. The molecule has 0 saturated heterocycles. The molecule has 1 aromatic carbocycles. The molecular formula is C26H41NO3. The van der Waals surface area contributed by atoms with Crippen LogP contribution in [0.3, 0.4) is 0 Å². The van der Waals surface area contributed by atoms with E-state index in [4.69, 9.17) is 14.5 Å². The van der Waals surface area contributed by atoms with Crippen molar-refractivity contribution in [2.24, 2.45) is 4.99 Å². The van der Waals surface area contributed by atoms with Gasteiger partial charge >= 0.3 is 5.97 Å². The molecule has 0 N–H and O–H groups in total. The van der Waals surface area contributed by atoms with Gasteiger partial charge in [0.25, 0.3) is 0 Å². The van der Waals surface area contributed by atoms with E-state index in [0.717, 1.165) is 37.1 Å². The number of hydrogen-bond acceptors (Lipinski definition) is 4. The van der Waals surface area contributed by atoms with Crippen LogP contribution in [0, 0.1) is 0 Å². The fraction of sp³-hybridized carbons (Fsp3) is 0.692. The first-order valence-electron chi connectivity index (χ1n) is 12.1. The molecule has 2 rings (SSSR count). The summed E-state index contributed by atoms with van der Waals surface area (Å²) in [4.78, 5) is 16.1. The molecule has 0 saturated carbocycles. The van der Waals surface area contributed by atoms with Gasteiger partial charge in [-0.05, 0) is 37.8 Å². The second kappa shape index (κ2) is 15.0. The van der Waals surface area contributed by atoms with E-state index < -0.39 is 0 Å². The molecule has 0 spiro atoms. The lowest BCUT2D eigenvalue weighted by Gasteiger charge is -2.17. The van der Waals surface area contributed by atoms with Gasteiger partial charge in [-0.3, -0.25) is 4.79 Å². The molecule has 1 aliphatic rings. The van der Waals surface area contributed by atoms with E-state index in [0.29, 0.717) is 6.42 Å². The lowest BCUT2D eigenvalue weighted by Crippen LogP contribution is -2.22. The molecule has 0 fully saturated rings. The summed E-state index contributed by atoms with van der Waals surface area (Å²) in [7, 11) is 1.46. The van der Waals surface area contributed by atoms with Gasteiger partial charge in [-0.25, -0.2) is 4.99 Å². The Morgan fingerprint density at radius 1 is 0.900 bits per heavy atom. The quantitative estimate of drug-likeness (QED) is 0.219. The standard InChI is InChI=1S/C26H41NO3/c1-3-4-5-6-9-15-20-24-23(19-14-8-7-10-16-21-25(28)29-2)27-26(30-24)22-17-12-11-13-18-22/h11-13,17-18,23-24H,3-10,14-16,19-21H2,1-2H3/t23-,24+/m0/s1. The summed E-state index contributed by atoms with van der Waals surface area (Å²) in [6.07, 6.45) is 16.4. The van der Waals surface area contributed by atoms with Gasteiger partial charge in [-0.15, -0.1) is 0 Å². The number of methoxy groups -OCH3 is 1. The maximum absolute atomic E-state index is 11.2. The van der Waals surface area contributed by atoms with Crippen LogP contribution in [-0.2, 0) is 14.3 Å². The third-order valence-electron chi connectivity index (χ3n) is 5.95. The van der Waals surface area contributed by atoms with Crippen LogP contribution in [0.25, 0.3) is 0 Å². The van der Waals surface area contributed by atoms with Crippen LogP contribution >= 0.6 is 0 Å². The molecule has 1 heterocycles. The third-order valence-corrected chi connectivity index (χ3v) is 5.95. The Balaban J connectivity index is 1.74. The van der Waals surface area contributed by atoms with E-state index in [9.17, 15) is 4.79 Å². The molecule has 0 bridgehead atoms. The molecule has 0 amide bonds. The third kappa shape index (κ3) is 9.32. The fourth-order valence-corrected chi connectivity index (χ4v) is 4.09. The number of unbranched alkanes of at least 4 members (excludes halogenated alkanes) is 9. The average Bonchev–Trinajstić information content (AvgIpc) is 3.18. The summed E-state index contributed by atoms with van der Waals surface area (Å²) in [5, 5.41) is 0. The van der Waals surface area contributed by atoms with E-state index in [2.05, 4.69) is 19.1 Å². The monoisotopic (exact) mass is 415 g/mol. The van der Waals surface area contributed by atoms with Crippen molar-refractivity contribution >= 4 is 11.9 Å². The Labute approximate surface area is 183 Å². The maximum Gasteiger partial charge on any atom is 0.305 e. The first-order valence-corrected chi connectivity index (χ1v) is 12.1. The maximum atomic E-state index is 11.2. The predicted molar refractivity (Wildman–Crippen MR) is 124 cm³/mol. The van der Waals surface area contributed by atoms with Crippen molar-refractivity contribution in [1.29, 1.82) is 0 Å². The Morgan fingerprint density at radius 2 is 1.53 bits per heavy atom. The number of carbonyl (C=O) groups is 1. The smallest absolute Gasteiger partial charge is 0.305 e. The van der Waals surface area contributed by atoms with Crippen LogP contribution in [0.5, 0.6) is 0 Å². The van der Waals surface area contributed by atoms with Crippen molar-refractivity contribution in [2.45, 2.75) is 109 Å². The SMILES string of the molecule is CCCCCCCC[C@H]1OC(c2ccccc2)=N[C@H]1CCCCCCCC(=O)OC. The van der Waals surface area contributed by atoms with Crippen molar-refractivity contribution in [2.75, 3.05) is 7.11 Å². The second-order valence-corrected chi connectivity index (χ2v) is 8.46. The highest BCUT2D eigenvalue weighted by Crippen LogP contribution is 2.26. The minimum Gasteiger partial charge on any atom is -0.472 e. The van der Waals surface area contributed by atoms with Crippen LogP contribution in [0.15, 0.2) is 35.3 Å². The van der Waals surface area contributed by atoms with Gasteiger partial charge < -0.3 is 9.47 Å².